The van der Waals surface area contributed by atoms with Gasteiger partial charge in [-0.3, -0.25) is 0 Å². The molecule has 142 valence electrons. The number of hydrogen-bond acceptors (Lipinski definition) is 4. The smallest absolute Gasteiger partial charge is 0.175 e. The number of benzene rings is 3. The first kappa shape index (κ1) is 19.5. The summed E-state index contributed by atoms with van der Waals surface area (Å²) in [7, 11) is 1.62. The summed E-state index contributed by atoms with van der Waals surface area (Å²) in [6, 6.07) is 17.3. The van der Waals surface area contributed by atoms with Crippen molar-refractivity contribution in [2.24, 2.45) is 0 Å². The van der Waals surface area contributed by atoms with Crippen LogP contribution in [0, 0.1) is 0 Å². The Hall–Kier alpha value is -1.79. The predicted octanol–water partition coefficient (Wildman–Crippen LogP) is 7.62. The fourth-order valence-corrected chi connectivity index (χ4v) is 4.74. The molecule has 0 atom stereocenters. The monoisotopic (exact) mass is 493 g/mol. The topological polar surface area (TPSA) is 31.4 Å². The lowest BCUT2D eigenvalue weighted by atomic mass is 10.2. The second-order valence-corrected chi connectivity index (χ2v) is 8.73. The van der Waals surface area contributed by atoms with Gasteiger partial charge in [-0.1, -0.05) is 41.4 Å². The highest BCUT2D eigenvalue weighted by Gasteiger charge is 2.16. The van der Waals surface area contributed by atoms with Crippen molar-refractivity contribution in [3.05, 3.63) is 74.7 Å². The van der Waals surface area contributed by atoms with Crippen LogP contribution in [0.2, 0.25) is 10.0 Å². The lowest BCUT2D eigenvalue weighted by Gasteiger charge is -2.14. The highest BCUT2D eigenvalue weighted by molar-refractivity contribution is 9.10. The highest BCUT2D eigenvalue weighted by atomic mass is 79.9. The van der Waals surface area contributed by atoms with Crippen molar-refractivity contribution in [2.75, 3.05) is 7.11 Å². The second kappa shape index (κ2) is 8.29. The predicted molar refractivity (Wildman–Crippen MR) is 120 cm³/mol. The Morgan fingerprint density at radius 1 is 1.07 bits per heavy atom. The van der Waals surface area contributed by atoms with Crippen LogP contribution in [0.25, 0.3) is 20.8 Å². The van der Waals surface area contributed by atoms with E-state index in [0.717, 1.165) is 30.8 Å². The van der Waals surface area contributed by atoms with Gasteiger partial charge in [0.25, 0.3) is 0 Å². The van der Waals surface area contributed by atoms with Crippen LogP contribution in [0.5, 0.6) is 11.5 Å². The molecule has 0 spiro atoms. The van der Waals surface area contributed by atoms with Gasteiger partial charge in [-0.05, 0) is 52.3 Å². The fraction of sp³-hybridized carbons (Fsp3) is 0.0952. The van der Waals surface area contributed by atoms with Crippen molar-refractivity contribution in [3.8, 4) is 22.1 Å². The molecule has 0 aliphatic heterocycles. The van der Waals surface area contributed by atoms with E-state index >= 15 is 0 Å². The molecule has 1 aromatic heterocycles. The number of aromatic nitrogens is 1. The average molecular weight is 495 g/mol. The fourth-order valence-electron chi connectivity index (χ4n) is 2.77. The van der Waals surface area contributed by atoms with E-state index in [-0.39, 0.29) is 0 Å². The van der Waals surface area contributed by atoms with Crippen molar-refractivity contribution >= 4 is 60.7 Å². The molecule has 0 aliphatic rings. The standard InChI is InChI=1S/C21H14BrCl2NO2S/c1-26-18-9-13(21-25-17-4-2-3-5-19(17)28-21)8-15(22)20(18)27-11-12-6-7-14(23)10-16(12)24/h2-10H,11H2,1H3. The molecule has 0 N–H and O–H groups in total. The number of nitrogens with zero attached hydrogens (tertiary/aromatic N) is 1. The summed E-state index contributed by atoms with van der Waals surface area (Å²) < 4.78 is 13.5. The van der Waals surface area contributed by atoms with Gasteiger partial charge < -0.3 is 9.47 Å². The summed E-state index contributed by atoms with van der Waals surface area (Å²) in [6.45, 7) is 0.297. The first-order chi connectivity index (χ1) is 13.5. The molecule has 1 heterocycles. The maximum absolute atomic E-state index is 6.24. The zero-order valence-electron chi connectivity index (χ0n) is 14.7. The van der Waals surface area contributed by atoms with E-state index in [1.165, 1.54) is 0 Å². The molecule has 0 amide bonds. The molecule has 28 heavy (non-hydrogen) atoms. The van der Waals surface area contributed by atoms with Crippen LogP contribution in [-0.2, 0) is 6.61 Å². The third-order valence-corrected chi connectivity index (χ3v) is 6.42. The van der Waals surface area contributed by atoms with E-state index < -0.39 is 0 Å². The third kappa shape index (κ3) is 3.98. The second-order valence-electron chi connectivity index (χ2n) is 6.00. The Bertz CT molecular complexity index is 1130. The molecule has 7 heteroatoms. The van der Waals surface area contributed by atoms with Gasteiger partial charge in [-0.2, -0.15) is 0 Å². The molecule has 0 unspecified atom stereocenters. The number of methoxy groups -OCH3 is 1. The molecule has 3 nitrogen and oxygen atoms in total. The minimum absolute atomic E-state index is 0.297. The zero-order valence-corrected chi connectivity index (χ0v) is 18.6. The largest absolute Gasteiger partial charge is 0.493 e. The first-order valence-corrected chi connectivity index (χ1v) is 10.7. The van der Waals surface area contributed by atoms with Gasteiger partial charge in [-0.25, -0.2) is 4.98 Å². The van der Waals surface area contributed by atoms with E-state index in [9.17, 15) is 0 Å². The quantitative estimate of drug-likeness (QED) is 0.286. The maximum atomic E-state index is 6.24. The van der Waals surface area contributed by atoms with E-state index in [4.69, 9.17) is 37.7 Å². The first-order valence-electron chi connectivity index (χ1n) is 8.35. The maximum Gasteiger partial charge on any atom is 0.175 e. The van der Waals surface area contributed by atoms with Gasteiger partial charge in [0.05, 0.1) is 21.8 Å². The van der Waals surface area contributed by atoms with Crippen LogP contribution in [0.4, 0.5) is 0 Å². The molecule has 3 aromatic carbocycles. The van der Waals surface area contributed by atoms with Crippen LogP contribution >= 0.6 is 50.5 Å². The van der Waals surface area contributed by atoms with E-state index in [0.29, 0.717) is 28.2 Å². The van der Waals surface area contributed by atoms with Crippen molar-refractivity contribution in [2.45, 2.75) is 6.61 Å². The SMILES string of the molecule is COc1cc(-c2nc3ccccc3s2)cc(Br)c1OCc1ccc(Cl)cc1Cl. The van der Waals surface area contributed by atoms with Crippen molar-refractivity contribution in [1.29, 1.82) is 0 Å². The molecule has 0 radical (unpaired) electrons. The summed E-state index contributed by atoms with van der Waals surface area (Å²) in [5, 5.41) is 2.08. The lowest BCUT2D eigenvalue weighted by molar-refractivity contribution is 0.283. The molecule has 4 rings (SSSR count). The number of fused-ring (bicyclic) bond motifs is 1. The number of ether oxygens (including phenoxy) is 2. The minimum Gasteiger partial charge on any atom is -0.493 e. The normalized spacial score (nSPS) is 11.0. The van der Waals surface area contributed by atoms with Gasteiger partial charge in [0.15, 0.2) is 11.5 Å². The number of hydrogen-bond donors (Lipinski definition) is 0. The zero-order chi connectivity index (χ0) is 19.7. The molecule has 0 saturated heterocycles. The van der Waals surface area contributed by atoms with Gasteiger partial charge in [-0.15, -0.1) is 11.3 Å². The van der Waals surface area contributed by atoms with E-state index in [1.54, 1.807) is 30.6 Å². The summed E-state index contributed by atoms with van der Waals surface area (Å²) >= 11 is 17.4. The highest BCUT2D eigenvalue weighted by Crippen LogP contribution is 2.42. The Labute approximate surface area is 185 Å². The van der Waals surface area contributed by atoms with Gasteiger partial charge in [0.2, 0.25) is 0 Å². The minimum atomic E-state index is 0.297. The lowest BCUT2D eigenvalue weighted by Crippen LogP contribution is -1.99. The van der Waals surface area contributed by atoms with Crippen LogP contribution in [-0.4, -0.2) is 12.1 Å². The van der Waals surface area contributed by atoms with Crippen LogP contribution < -0.4 is 9.47 Å². The molecule has 4 aromatic rings. The van der Waals surface area contributed by atoms with Crippen LogP contribution in [0.15, 0.2) is 59.1 Å². The molecule has 0 fully saturated rings. The Kier molecular flexibility index (Phi) is 5.78. The van der Waals surface area contributed by atoms with Crippen LogP contribution in [0.1, 0.15) is 5.56 Å². The number of para-hydroxylation sites is 1. The van der Waals surface area contributed by atoms with Gasteiger partial charge >= 0.3 is 0 Å². The Balaban J connectivity index is 1.65. The summed E-state index contributed by atoms with van der Waals surface area (Å²) in [5.41, 5.74) is 2.78. The number of rotatable bonds is 5. The Morgan fingerprint density at radius 3 is 2.64 bits per heavy atom. The van der Waals surface area contributed by atoms with Crippen LogP contribution in [0.3, 0.4) is 0 Å². The Morgan fingerprint density at radius 2 is 1.89 bits per heavy atom. The summed E-state index contributed by atoms with van der Waals surface area (Å²) in [4.78, 5) is 4.71. The summed E-state index contributed by atoms with van der Waals surface area (Å²) in [6.07, 6.45) is 0. The number of halogens is 3. The van der Waals surface area contributed by atoms with E-state index in [1.807, 2.05) is 36.4 Å². The van der Waals surface area contributed by atoms with Gasteiger partial charge in [0.1, 0.15) is 11.6 Å². The third-order valence-electron chi connectivity index (χ3n) is 4.16. The molecule has 0 aliphatic carbocycles. The number of thiazole rings is 1. The van der Waals surface area contributed by atoms with Crippen molar-refractivity contribution < 1.29 is 9.47 Å². The van der Waals surface area contributed by atoms with E-state index in [2.05, 4.69) is 22.0 Å². The summed E-state index contributed by atoms with van der Waals surface area (Å²) in [5.74, 6) is 1.23. The molecular formula is C21H14BrCl2NO2S. The van der Waals surface area contributed by atoms with Crippen molar-refractivity contribution in [1.82, 2.24) is 4.98 Å². The average Bonchev–Trinajstić information content (AvgIpc) is 3.12. The molecular weight excluding hydrogens is 481 g/mol. The van der Waals surface area contributed by atoms with Crippen molar-refractivity contribution in [3.63, 3.8) is 0 Å². The van der Waals surface area contributed by atoms with Gasteiger partial charge in [0, 0.05) is 21.2 Å². The molecule has 0 saturated carbocycles. The molecule has 0 bridgehead atoms.